The molecule has 0 aromatic heterocycles. The fourth-order valence-electron chi connectivity index (χ4n) is 4.16. The maximum Gasteiger partial charge on any atom is 0.317 e. The van der Waals surface area contributed by atoms with Gasteiger partial charge in [-0.2, -0.15) is 0 Å². The van der Waals surface area contributed by atoms with Gasteiger partial charge in [-0.15, -0.1) is 0 Å². The monoisotopic (exact) mass is 479 g/mol. The number of rotatable bonds is 11. The van der Waals surface area contributed by atoms with Crippen LogP contribution >= 0.6 is 0 Å². The first kappa shape index (κ1) is 26.2. The Balaban J connectivity index is 1.52. The van der Waals surface area contributed by atoms with Crippen molar-refractivity contribution < 1.29 is 14.4 Å². The van der Waals surface area contributed by atoms with Gasteiger partial charge in [0.15, 0.2) is 0 Å². The predicted octanol–water partition coefficient (Wildman–Crippen LogP) is 2.29. The van der Waals surface area contributed by atoms with E-state index in [-0.39, 0.29) is 17.8 Å². The van der Waals surface area contributed by atoms with Crippen molar-refractivity contribution in [3.63, 3.8) is 0 Å². The van der Waals surface area contributed by atoms with Crippen molar-refractivity contribution in [1.82, 2.24) is 20.4 Å². The van der Waals surface area contributed by atoms with E-state index >= 15 is 0 Å². The Morgan fingerprint density at radius 3 is 2.03 bits per heavy atom. The number of carbonyl (C=O) groups is 3. The van der Waals surface area contributed by atoms with Crippen molar-refractivity contribution >= 4 is 17.8 Å². The summed E-state index contributed by atoms with van der Waals surface area (Å²) >= 11 is 0. The lowest BCUT2D eigenvalue weighted by atomic mass is 10.0. The maximum absolute atomic E-state index is 13.4. The van der Waals surface area contributed by atoms with E-state index in [1.165, 1.54) is 0 Å². The molecule has 0 radical (unpaired) electrons. The van der Waals surface area contributed by atoms with Crippen molar-refractivity contribution in [1.29, 1.82) is 0 Å². The Kier molecular flexibility index (Phi) is 10.6. The molecule has 188 valence electrons. The number of unbranched alkanes of at least 4 members (excludes halogenated alkanes) is 2. The highest BCUT2D eigenvalue weighted by Crippen LogP contribution is 2.11. The Labute approximate surface area is 207 Å². The van der Waals surface area contributed by atoms with Crippen LogP contribution in [0.1, 0.15) is 36.8 Å². The summed E-state index contributed by atoms with van der Waals surface area (Å²) in [5, 5.41) is 5.90. The number of nitrogens with one attached hydrogen (secondary N) is 2. The number of nitrogens with two attached hydrogens (primary N) is 1. The van der Waals surface area contributed by atoms with E-state index in [2.05, 4.69) is 10.6 Å². The lowest BCUT2D eigenvalue weighted by Crippen LogP contribution is -2.57. The summed E-state index contributed by atoms with van der Waals surface area (Å²) in [5.41, 5.74) is 7.56. The zero-order valence-electron chi connectivity index (χ0n) is 20.3. The highest BCUT2D eigenvalue weighted by Gasteiger charge is 2.30. The lowest BCUT2D eigenvalue weighted by Gasteiger charge is -2.36. The minimum atomic E-state index is -0.627. The third kappa shape index (κ3) is 8.72. The second-order valence-corrected chi connectivity index (χ2v) is 8.87. The topological polar surface area (TPSA) is 108 Å². The molecule has 1 heterocycles. The molecule has 2 aromatic carbocycles. The number of benzene rings is 2. The van der Waals surface area contributed by atoms with Gasteiger partial charge in [0.05, 0.1) is 0 Å². The van der Waals surface area contributed by atoms with Gasteiger partial charge in [0.2, 0.25) is 11.8 Å². The zero-order valence-corrected chi connectivity index (χ0v) is 20.3. The minimum Gasteiger partial charge on any atom is -0.344 e. The first-order valence-corrected chi connectivity index (χ1v) is 12.5. The van der Waals surface area contributed by atoms with Gasteiger partial charge < -0.3 is 26.2 Å². The SMILES string of the molecule is NCCCCCC(=O)NC(Cc1ccccc1)C(=O)N1CCN(C(=O)NCc2ccccc2)CC1. The molecule has 8 heteroatoms. The van der Waals surface area contributed by atoms with Crippen LogP contribution in [0.15, 0.2) is 60.7 Å². The van der Waals surface area contributed by atoms with Crippen molar-refractivity contribution in [2.75, 3.05) is 32.7 Å². The summed E-state index contributed by atoms with van der Waals surface area (Å²) in [6.07, 6.45) is 3.37. The third-order valence-electron chi connectivity index (χ3n) is 6.19. The molecule has 1 aliphatic rings. The molecule has 4 amide bonds. The molecule has 3 rings (SSSR count). The van der Waals surface area contributed by atoms with Crippen LogP contribution in [0.25, 0.3) is 0 Å². The summed E-state index contributed by atoms with van der Waals surface area (Å²) in [7, 11) is 0. The molecule has 35 heavy (non-hydrogen) atoms. The molecule has 0 saturated carbocycles. The Morgan fingerprint density at radius 1 is 0.800 bits per heavy atom. The van der Waals surface area contributed by atoms with Gasteiger partial charge in [-0.05, 0) is 30.5 Å². The fourth-order valence-corrected chi connectivity index (χ4v) is 4.16. The third-order valence-corrected chi connectivity index (χ3v) is 6.19. The Hall–Kier alpha value is -3.39. The molecule has 0 bridgehead atoms. The van der Waals surface area contributed by atoms with E-state index in [4.69, 9.17) is 5.73 Å². The molecule has 1 atom stereocenters. The number of piperazine rings is 1. The molecular formula is C27H37N5O3. The molecule has 4 N–H and O–H groups in total. The van der Waals surface area contributed by atoms with E-state index in [9.17, 15) is 14.4 Å². The highest BCUT2D eigenvalue weighted by atomic mass is 16.2. The highest BCUT2D eigenvalue weighted by molar-refractivity contribution is 5.88. The largest absolute Gasteiger partial charge is 0.344 e. The van der Waals surface area contributed by atoms with Gasteiger partial charge in [-0.1, -0.05) is 67.1 Å². The number of nitrogens with zero attached hydrogens (tertiary/aromatic N) is 2. The van der Waals surface area contributed by atoms with Crippen LogP contribution in [-0.4, -0.2) is 66.4 Å². The van der Waals surface area contributed by atoms with Crippen LogP contribution in [0.2, 0.25) is 0 Å². The molecule has 0 spiro atoms. The van der Waals surface area contributed by atoms with Gasteiger partial charge in [-0.25, -0.2) is 4.79 Å². The first-order valence-electron chi connectivity index (χ1n) is 12.5. The maximum atomic E-state index is 13.4. The van der Waals surface area contributed by atoms with Crippen LogP contribution in [-0.2, 0) is 22.6 Å². The Morgan fingerprint density at radius 2 is 1.40 bits per heavy atom. The van der Waals surface area contributed by atoms with Crippen LogP contribution < -0.4 is 16.4 Å². The number of amides is 4. The molecule has 8 nitrogen and oxygen atoms in total. The predicted molar refractivity (Wildman–Crippen MR) is 136 cm³/mol. The van der Waals surface area contributed by atoms with Crippen LogP contribution in [0.5, 0.6) is 0 Å². The second kappa shape index (κ2) is 14.1. The summed E-state index contributed by atoms with van der Waals surface area (Å²) in [6.45, 7) is 2.88. The van der Waals surface area contributed by atoms with Crippen LogP contribution in [0, 0.1) is 0 Å². The average Bonchev–Trinajstić information content (AvgIpc) is 2.90. The smallest absolute Gasteiger partial charge is 0.317 e. The van der Waals surface area contributed by atoms with Gasteiger partial charge in [0.25, 0.3) is 0 Å². The fraction of sp³-hybridized carbons (Fsp3) is 0.444. The molecule has 2 aromatic rings. The van der Waals surface area contributed by atoms with E-state index in [0.717, 1.165) is 30.4 Å². The van der Waals surface area contributed by atoms with Crippen molar-refractivity contribution in [3.8, 4) is 0 Å². The Bertz CT molecular complexity index is 930. The van der Waals surface area contributed by atoms with Crippen molar-refractivity contribution in [2.45, 2.75) is 44.7 Å². The minimum absolute atomic E-state index is 0.103. The van der Waals surface area contributed by atoms with Gasteiger partial charge in [0.1, 0.15) is 6.04 Å². The molecule has 1 aliphatic heterocycles. The number of carbonyl (C=O) groups excluding carboxylic acids is 3. The van der Waals surface area contributed by atoms with Crippen molar-refractivity contribution in [3.05, 3.63) is 71.8 Å². The van der Waals surface area contributed by atoms with Crippen LogP contribution in [0.4, 0.5) is 4.79 Å². The van der Waals surface area contributed by atoms with Gasteiger partial charge in [0, 0.05) is 45.6 Å². The standard InChI is InChI=1S/C27H37N5O3/c28-15-9-3-8-14-25(33)30-24(20-22-10-4-1-5-11-22)26(34)31-16-18-32(19-17-31)27(35)29-21-23-12-6-2-7-13-23/h1-2,4-7,10-13,24H,3,8-9,14-21,28H2,(H,29,35)(H,30,33). The normalized spacial score (nSPS) is 14.3. The van der Waals surface area contributed by atoms with Crippen LogP contribution in [0.3, 0.4) is 0 Å². The van der Waals surface area contributed by atoms with E-state index < -0.39 is 6.04 Å². The van der Waals surface area contributed by atoms with Gasteiger partial charge in [-0.3, -0.25) is 9.59 Å². The first-order chi connectivity index (χ1) is 17.1. The summed E-state index contributed by atoms with van der Waals surface area (Å²) < 4.78 is 0. The van der Waals surface area contributed by atoms with E-state index in [0.29, 0.717) is 52.1 Å². The average molecular weight is 480 g/mol. The molecule has 1 saturated heterocycles. The lowest BCUT2D eigenvalue weighted by molar-refractivity contribution is -0.137. The van der Waals surface area contributed by atoms with Gasteiger partial charge >= 0.3 is 6.03 Å². The quantitative estimate of drug-likeness (QED) is 0.430. The number of urea groups is 1. The summed E-state index contributed by atoms with van der Waals surface area (Å²) in [4.78, 5) is 42.0. The number of hydrogen-bond acceptors (Lipinski definition) is 4. The molecular weight excluding hydrogens is 442 g/mol. The molecule has 1 unspecified atom stereocenters. The molecule has 0 aliphatic carbocycles. The number of hydrogen-bond donors (Lipinski definition) is 3. The second-order valence-electron chi connectivity index (χ2n) is 8.87. The summed E-state index contributed by atoms with van der Waals surface area (Å²) in [5.74, 6) is -0.219. The molecule has 1 fully saturated rings. The zero-order chi connectivity index (χ0) is 24.9. The van der Waals surface area contributed by atoms with Crippen molar-refractivity contribution in [2.24, 2.45) is 5.73 Å². The summed E-state index contributed by atoms with van der Waals surface area (Å²) in [6, 6.07) is 18.7. The van der Waals surface area contributed by atoms with E-state index in [1.54, 1.807) is 9.80 Å². The van der Waals surface area contributed by atoms with E-state index in [1.807, 2.05) is 60.7 Å².